The van der Waals surface area contributed by atoms with Gasteiger partial charge in [0, 0.05) is 0 Å². The molecule has 0 saturated carbocycles. The molecule has 2 heteroatoms. The lowest BCUT2D eigenvalue weighted by Gasteiger charge is -2.25. The molecule has 0 amide bonds. The van der Waals surface area contributed by atoms with E-state index in [2.05, 4.69) is 26.0 Å². The van der Waals surface area contributed by atoms with Gasteiger partial charge in [-0.3, -0.25) is 0 Å². The first-order valence-electron chi connectivity index (χ1n) is 4.71. The van der Waals surface area contributed by atoms with E-state index < -0.39 is 0 Å². The van der Waals surface area contributed by atoms with E-state index in [1.807, 2.05) is 12.1 Å². The lowest BCUT2D eigenvalue weighted by Crippen LogP contribution is -2.25. The summed E-state index contributed by atoms with van der Waals surface area (Å²) in [6.07, 6.45) is 2.06. The molecular formula is C11H14O2. The van der Waals surface area contributed by atoms with Gasteiger partial charge in [0.15, 0.2) is 5.75 Å². The Morgan fingerprint density at radius 2 is 1.92 bits per heavy atom. The fourth-order valence-corrected chi connectivity index (χ4v) is 1.71. The van der Waals surface area contributed by atoms with Crippen LogP contribution in [-0.2, 0) is 10.5 Å². The largest absolute Gasteiger partial charge is 0.337 e. The van der Waals surface area contributed by atoms with Crippen molar-refractivity contribution in [1.82, 2.24) is 0 Å². The van der Waals surface area contributed by atoms with Crippen molar-refractivity contribution in [3.63, 3.8) is 0 Å². The normalized spacial score (nSPS) is 25.4. The molecule has 2 aliphatic heterocycles. The number of hydrogen-bond donors (Lipinski definition) is 0. The molecule has 0 aliphatic carbocycles. The molecule has 0 radical (unpaired) electrons. The second-order valence-corrected chi connectivity index (χ2v) is 3.67. The van der Waals surface area contributed by atoms with Crippen LogP contribution in [0.4, 0.5) is 0 Å². The molecule has 0 spiro atoms. The molecule has 13 heavy (non-hydrogen) atoms. The maximum atomic E-state index is 5.42. The molecule has 1 aromatic rings. The second kappa shape index (κ2) is 3.04. The number of hydrogen-bond acceptors (Lipinski definition) is 2. The van der Waals surface area contributed by atoms with Crippen LogP contribution in [0, 0.1) is 0 Å². The summed E-state index contributed by atoms with van der Waals surface area (Å²) >= 11 is 0. The van der Waals surface area contributed by atoms with Crippen molar-refractivity contribution in [3.8, 4) is 5.75 Å². The molecule has 2 heterocycles. The zero-order valence-electron chi connectivity index (χ0n) is 8.04. The van der Waals surface area contributed by atoms with Gasteiger partial charge in [-0.15, -0.1) is 0 Å². The zero-order chi connectivity index (χ0) is 9.31. The van der Waals surface area contributed by atoms with Crippen LogP contribution in [-0.4, -0.2) is 0 Å². The Labute approximate surface area is 78.4 Å². The summed E-state index contributed by atoms with van der Waals surface area (Å²) in [5.41, 5.74) is 0.913. The molecule has 3 rings (SSSR count). The Morgan fingerprint density at radius 1 is 1.23 bits per heavy atom. The minimum absolute atomic E-state index is 0.278. The highest BCUT2D eigenvalue weighted by Crippen LogP contribution is 2.35. The van der Waals surface area contributed by atoms with E-state index in [0.29, 0.717) is 0 Å². The van der Waals surface area contributed by atoms with Gasteiger partial charge < -0.3 is 4.89 Å². The Kier molecular flexibility index (Phi) is 2.00. The molecule has 2 aliphatic rings. The zero-order valence-corrected chi connectivity index (χ0v) is 8.04. The van der Waals surface area contributed by atoms with Crippen molar-refractivity contribution in [1.29, 1.82) is 0 Å². The molecule has 2 nitrogen and oxygen atoms in total. The van der Waals surface area contributed by atoms with Crippen molar-refractivity contribution in [3.05, 3.63) is 29.8 Å². The van der Waals surface area contributed by atoms with Crippen molar-refractivity contribution in [2.45, 2.75) is 32.3 Å². The van der Waals surface area contributed by atoms with Crippen LogP contribution >= 0.6 is 0 Å². The third kappa shape index (κ3) is 1.42. The van der Waals surface area contributed by atoms with E-state index in [-0.39, 0.29) is 5.60 Å². The van der Waals surface area contributed by atoms with Crippen LogP contribution in [0.3, 0.4) is 0 Å². The highest BCUT2D eigenvalue weighted by atomic mass is 17.2. The molecule has 1 aromatic carbocycles. The minimum atomic E-state index is -0.278. The maximum Gasteiger partial charge on any atom is 0.165 e. The van der Waals surface area contributed by atoms with Gasteiger partial charge in [-0.05, 0) is 31.0 Å². The molecule has 0 N–H and O–H groups in total. The summed E-state index contributed by atoms with van der Waals surface area (Å²) in [5.74, 6) is 0.781. The lowest BCUT2D eigenvalue weighted by atomic mass is 9.92. The van der Waals surface area contributed by atoms with Gasteiger partial charge in [-0.25, -0.2) is 0 Å². The van der Waals surface area contributed by atoms with Gasteiger partial charge in [0.25, 0.3) is 0 Å². The van der Waals surface area contributed by atoms with Gasteiger partial charge in [0.05, 0.1) is 0 Å². The van der Waals surface area contributed by atoms with E-state index in [1.54, 1.807) is 0 Å². The molecule has 0 fully saturated rings. The van der Waals surface area contributed by atoms with E-state index in [9.17, 15) is 0 Å². The number of fused-ring (bicyclic) bond motifs is 4. The van der Waals surface area contributed by atoms with Gasteiger partial charge >= 0.3 is 0 Å². The summed E-state index contributed by atoms with van der Waals surface area (Å²) in [6.45, 7) is 4.21. The summed E-state index contributed by atoms with van der Waals surface area (Å²) in [5, 5.41) is 0. The van der Waals surface area contributed by atoms with Crippen LogP contribution in [0.1, 0.15) is 32.3 Å². The molecular weight excluding hydrogens is 164 g/mol. The van der Waals surface area contributed by atoms with Gasteiger partial charge in [0.2, 0.25) is 0 Å². The quantitative estimate of drug-likeness (QED) is 0.648. The van der Waals surface area contributed by atoms with E-state index >= 15 is 0 Å². The van der Waals surface area contributed by atoms with Crippen LogP contribution in [0.15, 0.2) is 24.3 Å². The van der Waals surface area contributed by atoms with Crippen LogP contribution in [0.25, 0.3) is 0 Å². The number of benzene rings is 1. The predicted molar refractivity (Wildman–Crippen MR) is 50.4 cm³/mol. The molecule has 2 bridgehead atoms. The average molecular weight is 178 g/mol. The van der Waals surface area contributed by atoms with Crippen molar-refractivity contribution >= 4 is 0 Å². The van der Waals surface area contributed by atoms with Crippen LogP contribution < -0.4 is 4.89 Å². The van der Waals surface area contributed by atoms with Gasteiger partial charge in [0.1, 0.15) is 5.60 Å². The predicted octanol–water partition coefficient (Wildman–Crippen LogP) is 3.03. The molecule has 1 atom stereocenters. The molecule has 1 unspecified atom stereocenters. The average Bonchev–Trinajstić information content (AvgIpc) is 2.38. The Morgan fingerprint density at radius 3 is 2.54 bits per heavy atom. The number of rotatable bonds is 2. The third-order valence-corrected chi connectivity index (χ3v) is 2.51. The van der Waals surface area contributed by atoms with E-state index in [1.165, 1.54) is 5.56 Å². The van der Waals surface area contributed by atoms with E-state index in [4.69, 9.17) is 9.78 Å². The first kappa shape index (κ1) is 8.57. The summed E-state index contributed by atoms with van der Waals surface area (Å²) in [4.78, 5) is 10.6. The minimum Gasteiger partial charge on any atom is -0.337 e. The summed E-state index contributed by atoms with van der Waals surface area (Å²) in [7, 11) is 0. The Balaban J connectivity index is 2.35. The Hall–Kier alpha value is -1.02. The first-order chi connectivity index (χ1) is 6.24. The standard InChI is InChI=1S/C11H14O2/c1-3-8-11(2)9-4-6-10(7-5-9)12-13-11/h4-7H,3,8H2,1-2H3. The van der Waals surface area contributed by atoms with Gasteiger partial charge in [-0.2, -0.15) is 4.89 Å². The molecule has 70 valence electrons. The van der Waals surface area contributed by atoms with Crippen LogP contribution in [0.2, 0.25) is 0 Å². The summed E-state index contributed by atoms with van der Waals surface area (Å²) < 4.78 is 0. The summed E-state index contributed by atoms with van der Waals surface area (Å²) in [6, 6.07) is 8.02. The van der Waals surface area contributed by atoms with Gasteiger partial charge in [-0.1, -0.05) is 25.5 Å². The van der Waals surface area contributed by atoms with E-state index in [0.717, 1.165) is 18.6 Å². The topological polar surface area (TPSA) is 18.5 Å². The smallest absolute Gasteiger partial charge is 0.165 e. The monoisotopic (exact) mass is 178 g/mol. The maximum absolute atomic E-state index is 5.42. The molecule has 0 saturated heterocycles. The SMILES string of the molecule is CCCC1(C)OOc2ccc1cc2. The lowest BCUT2D eigenvalue weighted by molar-refractivity contribution is -0.292. The first-order valence-corrected chi connectivity index (χ1v) is 4.71. The second-order valence-electron chi connectivity index (χ2n) is 3.67. The van der Waals surface area contributed by atoms with Crippen molar-refractivity contribution in [2.75, 3.05) is 0 Å². The fourth-order valence-electron chi connectivity index (χ4n) is 1.71. The van der Waals surface area contributed by atoms with Crippen molar-refractivity contribution < 1.29 is 9.78 Å². The highest BCUT2D eigenvalue weighted by Gasteiger charge is 2.31. The fraction of sp³-hybridized carbons (Fsp3) is 0.455. The third-order valence-electron chi connectivity index (χ3n) is 2.51. The van der Waals surface area contributed by atoms with Crippen molar-refractivity contribution in [2.24, 2.45) is 0 Å². The highest BCUT2D eigenvalue weighted by molar-refractivity contribution is 5.31. The Bertz CT molecular complexity index is 291. The molecule has 0 aromatic heterocycles. The van der Waals surface area contributed by atoms with Crippen LogP contribution in [0.5, 0.6) is 5.75 Å².